The van der Waals surface area contributed by atoms with Crippen LogP contribution in [0.5, 0.6) is 5.75 Å². The standard InChI is InChI=1S/C13H18O2/c1-9-8-13(15-4)10(2)7-12(9)6-5-11(3)14/h7-8H,5-6H2,1-4H3. The molecule has 1 rings (SSSR count). The molecule has 0 amide bonds. The van der Waals surface area contributed by atoms with Gasteiger partial charge in [0.1, 0.15) is 11.5 Å². The summed E-state index contributed by atoms with van der Waals surface area (Å²) in [5.74, 6) is 1.15. The molecule has 82 valence electrons. The number of hydrogen-bond acceptors (Lipinski definition) is 2. The molecule has 0 atom stereocenters. The molecule has 2 heteroatoms. The number of aryl methyl sites for hydroxylation is 3. The van der Waals surface area contributed by atoms with Crippen LogP contribution in [0.1, 0.15) is 30.0 Å². The second kappa shape index (κ2) is 4.96. The molecule has 0 aliphatic carbocycles. The lowest BCUT2D eigenvalue weighted by molar-refractivity contribution is -0.116. The van der Waals surface area contributed by atoms with Crippen molar-refractivity contribution in [1.82, 2.24) is 0 Å². The topological polar surface area (TPSA) is 26.3 Å². The lowest BCUT2D eigenvalue weighted by Crippen LogP contribution is -1.98. The molecule has 0 N–H and O–H groups in total. The van der Waals surface area contributed by atoms with Gasteiger partial charge >= 0.3 is 0 Å². The lowest BCUT2D eigenvalue weighted by atomic mass is 10.00. The van der Waals surface area contributed by atoms with E-state index in [1.807, 2.05) is 13.0 Å². The van der Waals surface area contributed by atoms with Gasteiger partial charge in [0.2, 0.25) is 0 Å². The third-order valence-electron chi connectivity index (χ3n) is 2.60. The third-order valence-corrected chi connectivity index (χ3v) is 2.60. The summed E-state index contributed by atoms with van der Waals surface area (Å²) >= 11 is 0. The highest BCUT2D eigenvalue weighted by Crippen LogP contribution is 2.23. The molecule has 0 saturated heterocycles. The number of rotatable bonds is 4. The monoisotopic (exact) mass is 206 g/mol. The Balaban J connectivity index is 2.90. The first-order valence-electron chi connectivity index (χ1n) is 5.18. The Bertz CT molecular complexity index is 367. The minimum Gasteiger partial charge on any atom is -0.496 e. The molecule has 0 aromatic heterocycles. The van der Waals surface area contributed by atoms with Gasteiger partial charge in [0.05, 0.1) is 7.11 Å². The van der Waals surface area contributed by atoms with Crippen LogP contribution in [-0.2, 0) is 11.2 Å². The average molecular weight is 206 g/mol. The summed E-state index contributed by atoms with van der Waals surface area (Å²) in [5, 5.41) is 0. The number of ketones is 1. The summed E-state index contributed by atoms with van der Waals surface area (Å²) in [6, 6.07) is 4.14. The van der Waals surface area contributed by atoms with Gasteiger partial charge in [-0.2, -0.15) is 0 Å². The maximum absolute atomic E-state index is 10.9. The zero-order valence-electron chi connectivity index (χ0n) is 9.89. The highest BCUT2D eigenvalue weighted by Gasteiger charge is 2.05. The van der Waals surface area contributed by atoms with Crippen molar-refractivity contribution in [3.05, 3.63) is 28.8 Å². The highest BCUT2D eigenvalue weighted by molar-refractivity contribution is 5.75. The fourth-order valence-corrected chi connectivity index (χ4v) is 1.65. The Morgan fingerprint density at radius 3 is 2.47 bits per heavy atom. The van der Waals surface area contributed by atoms with E-state index in [-0.39, 0.29) is 5.78 Å². The maximum atomic E-state index is 10.9. The van der Waals surface area contributed by atoms with Crippen LogP contribution in [0.15, 0.2) is 12.1 Å². The van der Waals surface area contributed by atoms with E-state index < -0.39 is 0 Å². The van der Waals surface area contributed by atoms with Crippen LogP contribution in [0.25, 0.3) is 0 Å². The molecule has 0 aliphatic heterocycles. The number of carbonyl (C=O) groups excluding carboxylic acids is 1. The van der Waals surface area contributed by atoms with Crippen molar-refractivity contribution >= 4 is 5.78 Å². The van der Waals surface area contributed by atoms with Crippen LogP contribution >= 0.6 is 0 Å². The zero-order valence-corrected chi connectivity index (χ0v) is 9.89. The third kappa shape index (κ3) is 3.08. The van der Waals surface area contributed by atoms with Crippen LogP contribution in [0.2, 0.25) is 0 Å². The molecular formula is C13H18O2. The van der Waals surface area contributed by atoms with E-state index in [1.165, 1.54) is 11.1 Å². The van der Waals surface area contributed by atoms with Gasteiger partial charge in [-0.05, 0) is 49.9 Å². The van der Waals surface area contributed by atoms with Crippen LogP contribution in [-0.4, -0.2) is 12.9 Å². The quantitative estimate of drug-likeness (QED) is 0.757. The molecule has 0 spiro atoms. The minimum absolute atomic E-state index is 0.239. The summed E-state index contributed by atoms with van der Waals surface area (Å²) in [6.45, 7) is 5.71. The van der Waals surface area contributed by atoms with Crippen molar-refractivity contribution in [3.63, 3.8) is 0 Å². The van der Waals surface area contributed by atoms with Gasteiger partial charge in [0, 0.05) is 6.42 Å². The molecule has 2 nitrogen and oxygen atoms in total. The summed E-state index contributed by atoms with van der Waals surface area (Å²) in [6.07, 6.45) is 1.44. The van der Waals surface area contributed by atoms with Crippen molar-refractivity contribution < 1.29 is 9.53 Å². The van der Waals surface area contributed by atoms with Crippen LogP contribution in [0, 0.1) is 13.8 Å². The fraction of sp³-hybridized carbons (Fsp3) is 0.462. The van der Waals surface area contributed by atoms with Crippen LogP contribution in [0.4, 0.5) is 0 Å². The number of carbonyl (C=O) groups is 1. The molecule has 15 heavy (non-hydrogen) atoms. The molecule has 0 aliphatic rings. The Morgan fingerprint density at radius 2 is 1.93 bits per heavy atom. The SMILES string of the molecule is COc1cc(C)c(CCC(C)=O)cc1C. The predicted molar refractivity (Wildman–Crippen MR) is 61.5 cm³/mol. The van der Waals surface area contributed by atoms with Crippen LogP contribution < -0.4 is 4.74 Å². The van der Waals surface area contributed by atoms with Crippen molar-refractivity contribution in [2.24, 2.45) is 0 Å². The Hall–Kier alpha value is -1.31. The van der Waals surface area contributed by atoms with Gasteiger partial charge in [-0.1, -0.05) is 6.07 Å². The smallest absolute Gasteiger partial charge is 0.130 e. The molecule has 0 bridgehead atoms. The number of ether oxygens (including phenoxy) is 1. The first-order valence-corrected chi connectivity index (χ1v) is 5.18. The van der Waals surface area contributed by atoms with E-state index >= 15 is 0 Å². The number of hydrogen-bond donors (Lipinski definition) is 0. The minimum atomic E-state index is 0.239. The predicted octanol–water partition coefficient (Wildman–Crippen LogP) is 2.83. The first kappa shape index (κ1) is 11.8. The van der Waals surface area contributed by atoms with Crippen molar-refractivity contribution in [2.45, 2.75) is 33.6 Å². The number of benzene rings is 1. The molecule has 0 fully saturated rings. The van der Waals surface area contributed by atoms with E-state index in [4.69, 9.17) is 4.74 Å². The number of Topliss-reactive ketones (excluding diaryl/α,β-unsaturated/α-hetero) is 1. The largest absolute Gasteiger partial charge is 0.496 e. The van der Waals surface area contributed by atoms with Gasteiger partial charge in [-0.25, -0.2) is 0 Å². The van der Waals surface area contributed by atoms with Gasteiger partial charge < -0.3 is 9.53 Å². The van der Waals surface area contributed by atoms with Crippen LogP contribution in [0.3, 0.4) is 0 Å². The second-order valence-electron chi connectivity index (χ2n) is 3.95. The molecule has 0 saturated carbocycles. The maximum Gasteiger partial charge on any atom is 0.130 e. The zero-order chi connectivity index (χ0) is 11.4. The molecule has 1 aromatic rings. The summed E-state index contributed by atoms with van der Waals surface area (Å²) in [5.41, 5.74) is 3.56. The number of methoxy groups -OCH3 is 1. The average Bonchev–Trinajstić information content (AvgIpc) is 2.18. The second-order valence-corrected chi connectivity index (χ2v) is 3.95. The lowest BCUT2D eigenvalue weighted by Gasteiger charge is -2.10. The fourth-order valence-electron chi connectivity index (χ4n) is 1.65. The van der Waals surface area contributed by atoms with E-state index in [0.717, 1.165) is 17.7 Å². The van der Waals surface area contributed by atoms with Gasteiger partial charge in [-0.3, -0.25) is 0 Å². The van der Waals surface area contributed by atoms with Gasteiger partial charge in [-0.15, -0.1) is 0 Å². The van der Waals surface area contributed by atoms with E-state index in [2.05, 4.69) is 13.0 Å². The van der Waals surface area contributed by atoms with Gasteiger partial charge in [0.25, 0.3) is 0 Å². The summed E-state index contributed by atoms with van der Waals surface area (Å²) in [4.78, 5) is 10.9. The highest BCUT2D eigenvalue weighted by atomic mass is 16.5. The molecule has 0 unspecified atom stereocenters. The van der Waals surface area contributed by atoms with E-state index in [1.54, 1.807) is 14.0 Å². The molecule has 0 heterocycles. The molecular weight excluding hydrogens is 188 g/mol. The van der Waals surface area contributed by atoms with Crippen molar-refractivity contribution in [3.8, 4) is 5.75 Å². The first-order chi connectivity index (χ1) is 7.04. The summed E-state index contributed by atoms with van der Waals surface area (Å²) < 4.78 is 5.24. The molecule has 1 aromatic carbocycles. The normalized spacial score (nSPS) is 10.1. The van der Waals surface area contributed by atoms with Gasteiger partial charge in [0.15, 0.2) is 0 Å². The summed E-state index contributed by atoms with van der Waals surface area (Å²) in [7, 11) is 1.68. The Morgan fingerprint density at radius 1 is 1.27 bits per heavy atom. The Labute approximate surface area is 91.3 Å². The van der Waals surface area contributed by atoms with E-state index in [0.29, 0.717) is 6.42 Å². The van der Waals surface area contributed by atoms with Crippen molar-refractivity contribution in [2.75, 3.05) is 7.11 Å². The van der Waals surface area contributed by atoms with Crippen molar-refractivity contribution in [1.29, 1.82) is 0 Å². The Kier molecular flexibility index (Phi) is 3.89. The van der Waals surface area contributed by atoms with E-state index in [9.17, 15) is 4.79 Å². The molecule has 0 radical (unpaired) electrons.